The molecule has 4 nitrogen and oxygen atoms in total. The molecule has 0 aliphatic carbocycles. The van der Waals surface area contributed by atoms with Crippen molar-refractivity contribution in [2.24, 2.45) is 0 Å². The molecular weight excluding hydrogens is 220 g/mol. The molecule has 0 amide bonds. The molecule has 2 rings (SSSR count). The topological polar surface area (TPSA) is 47.9 Å². The van der Waals surface area contributed by atoms with Crippen LogP contribution in [0.4, 0.5) is 0 Å². The molecule has 0 unspecified atom stereocenters. The molecule has 2 heterocycles. The molecule has 0 saturated carbocycles. The van der Waals surface area contributed by atoms with Gasteiger partial charge in [0.1, 0.15) is 6.10 Å². The average molecular weight is 244 g/mol. The highest BCUT2D eigenvalue weighted by atomic mass is 16.7. The smallest absolute Gasteiger partial charge is 0.194 e. The first-order valence-corrected chi connectivity index (χ1v) is 6.76. The number of rotatable bonds is 4. The maximum Gasteiger partial charge on any atom is 0.194 e. The minimum absolute atomic E-state index is 0.0631. The van der Waals surface area contributed by atoms with Gasteiger partial charge in [-0.25, -0.2) is 0 Å². The lowest BCUT2D eigenvalue weighted by atomic mass is 9.90. The minimum Gasteiger partial charge on any atom is -0.396 e. The summed E-state index contributed by atoms with van der Waals surface area (Å²) in [4.78, 5) is 0. The van der Waals surface area contributed by atoms with Crippen LogP contribution in [0.25, 0.3) is 0 Å². The van der Waals surface area contributed by atoms with E-state index >= 15 is 0 Å². The summed E-state index contributed by atoms with van der Waals surface area (Å²) >= 11 is 0. The van der Waals surface area contributed by atoms with Gasteiger partial charge < -0.3 is 19.3 Å². The third-order valence-electron chi connectivity index (χ3n) is 3.84. The third kappa shape index (κ3) is 2.99. The molecule has 3 atom stereocenters. The molecule has 0 aromatic heterocycles. The summed E-state index contributed by atoms with van der Waals surface area (Å²) in [5.41, 5.74) is 0. The Morgan fingerprint density at radius 2 is 2.24 bits per heavy atom. The van der Waals surface area contributed by atoms with Crippen LogP contribution in [0.1, 0.15) is 44.9 Å². The van der Waals surface area contributed by atoms with Gasteiger partial charge in [0.2, 0.25) is 0 Å². The standard InChI is InChI=1S/C13H24O4/c1-15-12-7-6-11(5-4-9-14)17-13(12)8-2-3-10-16-13/h11-12,14H,2-10H2,1H3/t11-,12+,13+/m1/s1. The highest BCUT2D eigenvalue weighted by Gasteiger charge is 2.47. The first-order valence-electron chi connectivity index (χ1n) is 6.76. The summed E-state index contributed by atoms with van der Waals surface area (Å²) in [7, 11) is 1.74. The van der Waals surface area contributed by atoms with Crippen LogP contribution in [-0.4, -0.2) is 43.4 Å². The Hall–Kier alpha value is -0.160. The predicted molar refractivity (Wildman–Crippen MR) is 63.8 cm³/mol. The maximum atomic E-state index is 8.89. The fourth-order valence-electron chi connectivity index (χ4n) is 2.93. The van der Waals surface area contributed by atoms with Crippen LogP contribution < -0.4 is 0 Å². The summed E-state index contributed by atoms with van der Waals surface area (Å²) < 4.78 is 17.6. The van der Waals surface area contributed by atoms with Crippen LogP contribution in [0.2, 0.25) is 0 Å². The summed E-state index contributed by atoms with van der Waals surface area (Å²) in [5.74, 6) is -0.509. The quantitative estimate of drug-likeness (QED) is 0.820. The van der Waals surface area contributed by atoms with Gasteiger partial charge in [-0.1, -0.05) is 0 Å². The molecule has 100 valence electrons. The molecule has 2 fully saturated rings. The molecule has 0 bridgehead atoms. The Bertz CT molecular complexity index is 225. The van der Waals surface area contributed by atoms with Crippen molar-refractivity contribution in [3.05, 3.63) is 0 Å². The van der Waals surface area contributed by atoms with Crippen molar-refractivity contribution >= 4 is 0 Å². The van der Waals surface area contributed by atoms with E-state index in [1.807, 2.05) is 0 Å². The molecule has 0 aromatic rings. The summed E-state index contributed by atoms with van der Waals surface area (Å²) in [5, 5.41) is 8.89. The summed E-state index contributed by atoms with van der Waals surface area (Å²) in [6.07, 6.45) is 7.18. The van der Waals surface area contributed by atoms with Crippen LogP contribution >= 0.6 is 0 Å². The van der Waals surface area contributed by atoms with Crippen LogP contribution in [0, 0.1) is 0 Å². The monoisotopic (exact) mass is 244 g/mol. The largest absolute Gasteiger partial charge is 0.396 e. The highest BCUT2D eigenvalue weighted by molar-refractivity contribution is 4.89. The molecule has 17 heavy (non-hydrogen) atoms. The van der Waals surface area contributed by atoms with Gasteiger partial charge in [-0.3, -0.25) is 0 Å². The van der Waals surface area contributed by atoms with E-state index in [4.69, 9.17) is 19.3 Å². The van der Waals surface area contributed by atoms with E-state index in [0.717, 1.165) is 51.6 Å². The van der Waals surface area contributed by atoms with Crippen molar-refractivity contribution < 1.29 is 19.3 Å². The molecule has 0 radical (unpaired) electrons. The summed E-state index contributed by atoms with van der Waals surface area (Å²) in [6, 6.07) is 0. The second-order valence-electron chi connectivity index (χ2n) is 5.02. The third-order valence-corrected chi connectivity index (χ3v) is 3.84. The Kier molecular flexibility index (Phi) is 4.79. The number of hydrogen-bond donors (Lipinski definition) is 1. The van der Waals surface area contributed by atoms with Crippen LogP contribution in [0.3, 0.4) is 0 Å². The van der Waals surface area contributed by atoms with Gasteiger partial charge in [0, 0.05) is 20.1 Å². The lowest BCUT2D eigenvalue weighted by Crippen LogP contribution is -2.55. The van der Waals surface area contributed by atoms with E-state index in [2.05, 4.69) is 0 Å². The first-order chi connectivity index (χ1) is 8.30. The Labute approximate surface area is 103 Å². The van der Waals surface area contributed by atoms with Crippen LogP contribution in [-0.2, 0) is 14.2 Å². The van der Waals surface area contributed by atoms with Crippen LogP contribution in [0.5, 0.6) is 0 Å². The molecule has 2 aliphatic heterocycles. The number of aliphatic hydroxyl groups excluding tert-OH is 1. The fraction of sp³-hybridized carbons (Fsp3) is 1.00. The zero-order chi connectivity index (χ0) is 12.1. The number of ether oxygens (including phenoxy) is 3. The van der Waals surface area contributed by atoms with Gasteiger partial charge >= 0.3 is 0 Å². The van der Waals surface area contributed by atoms with E-state index < -0.39 is 5.79 Å². The van der Waals surface area contributed by atoms with Crippen molar-refractivity contribution in [3.8, 4) is 0 Å². The SMILES string of the molecule is CO[C@H]1CC[C@@H](CCCO)O[C@@]12CCCCO2. The maximum absolute atomic E-state index is 8.89. The fourth-order valence-corrected chi connectivity index (χ4v) is 2.93. The van der Waals surface area contributed by atoms with Crippen molar-refractivity contribution in [3.63, 3.8) is 0 Å². The van der Waals surface area contributed by atoms with E-state index in [0.29, 0.717) is 0 Å². The average Bonchev–Trinajstić information content (AvgIpc) is 2.37. The van der Waals surface area contributed by atoms with Gasteiger partial charge in [0.15, 0.2) is 5.79 Å². The number of methoxy groups -OCH3 is 1. The van der Waals surface area contributed by atoms with Crippen molar-refractivity contribution in [2.45, 2.75) is 62.9 Å². The van der Waals surface area contributed by atoms with Crippen molar-refractivity contribution in [1.82, 2.24) is 0 Å². The molecule has 0 aromatic carbocycles. The predicted octanol–water partition coefficient (Wildman–Crippen LogP) is 1.85. The minimum atomic E-state index is -0.509. The molecule has 2 aliphatic rings. The zero-order valence-corrected chi connectivity index (χ0v) is 10.7. The van der Waals surface area contributed by atoms with E-state index in [9.17, 15) is 0 Å². The highest BCUT2D eigenvalue weighted by Crippen LogP contribution is 2.39. The number of aliphatic hydroxyl groups is 1. The zero-order valence-electron chi connectivity index (χ0n) is 10.7. The van der Waals surface area contributed by atoms with Crippen molar-refractivity contribution in [2.75, 3.05) is 20.3 Å². The molecule has 4 heteroatoms. The van der Waals surface area contributed by atoms with Gasteiger partial charge in [-0.15, -0.1) is 0 Å². The van der Waals surface area contributed by atoms with E-state index in [-0.39, 0.29) is 18.8 Å². The lowest BCUT2D eigenvalue weighted by Gasteiger charge is -2.47. The van der Waals surface area contributed by atoms with Crippen LogP contribution in [0.15, 0.2) is 0 Å². The normalized spacial score (nSPS) is 38.5. The second-order valence-corrected chi connectivity index (χ2v) is 5.02. The molecule has 1 N–H and O–H groups in total. The van der Waals surface area contributed by atoms with Gasteiger partial charge in [0.05, 0.1) is 12.7 Å². The second kappa shape index (κ2) is 6.14. The van der Waals surface area contributed by atoms with Gasteiger partial charge in [0.25, 0.3) is 0 Å². The lowest BCUT2D eigenvalue weighted by molar-refractivity contribution is -0.338. The molecule has 1 spiro atoms. The van der Waals surface area contributed by atoms with E-state index in [1.165, 1.54) is 0 Å². The van der Waals surface area contributed by atoms with E-state index in [1.54, 1.807) is 7.11 Å². The Morgan fingerprint density at radius 3 is 2.88 bits per heavy atom. The Morgan fingerprint density at radius 1 is 1.35 bits per heavy atom. The molecule has 2 saturated heterocycles. The van der Waals surface area contributed by atoms with Crippen molar-refractivity contribution in [1.29, 1.82) is 0 Å². The Balaban J connectivity index is 1.97. The van der Waals surface area contributed by atoms with Gasteiger partial charge in [-0.2, -0.15) is 0 Å². The summed E-state index contributed by atoms with van der Waals surface area (Å²) in [6.45, 7) is 1.01. The molecular formula is C13H24O4. The first kappa shape index (κ1) is 13.3. The van der Waals surface area contributed by atoms with Gasteiger partial charge in [-0.05, 0) is 38.5 Å². The number of hydrogen-bond acceptors (Lipinski definition) is 4.